The molecule has 1 aromatic rings. The average molecular weight is 324 g/mol. The highest BCUT2D eigenvalue weighted by molar-refractivity contribution is 5.65. The molecule has 0 aromatic heterocycles. The van der Waals surface area contributed by atoms with Crippen LogP contribution in [-0.4, -0.2) is 32.1 Å². The lowest BCUT2D eigenvalue weighted by atomic mass is 9.86. The van der Waals surface area contributed by atoms with Crippen LogP contribution in [0.2, 0.25) is 0 Å². The molecule has 130 valence electrons. The number of methoxy groups -OCH3 is 1. The minimum absolute atomic E-state index is 0.0904. The zero-order chi connectivity index (χ0) is 17.7. The van der Waals surface area contributed by atoms with E-state index >= 15 is 0 Å². The first-order valence-corrected chi connectivity index (χ1v) is 7.70. The molecule has 5 heteroatoms. The smallest absolute Gasteiger partial charge is 0.491 e. The van der Waals surface area contributed by atoms with Crippen LogP contribution in [0.5, 0.6) is 11.5 Å². The predicted octanol–water partition coefficient (Wildman–Crippen LogP) is 4.32. The van der Waals surface area contributed by atoms with Crippen molar-refractivity contribution in [2.45, 2.75) is 52.6 Å². The largest absolute Gasteiger partial charge is 0.514 e. The maximum absolute atomic E-state index is 11.8. The van der Waals surface area contributed by atoms with Gasteiger partial charge in [-0.05, 0) is 37.8 Å². The Hall–Kier alpha value is -1.75. The molecular formula is C18H28O5. The van der Waals surface area contributed by atoms with Crippen molar-refractivity contribution < 1.29 is 23.7 Å². The normalized spacial score (nSPS) is 12.0. The van der Waals surface area contributed by atoms with Gasteiger partial charge in [0.1, 0.15) is 23.7 Å². The number of carbonyl (C=O) groups is 1. The molecule has 1 aromatic carbocycles. The molecule has 23 heavy (non-hydrogen) atoms. The first-order chi connectivity index (χ1) is 10.5. The molecule has 0 heterocycles. The van der Waals surface area contributed by atoms with Crippen molar-refractivity contribution in [3.05, 3.63) is 23.8 Å². The van der Waals surface area contributed by atoms with Crippen LogP contribution < -0.4 is 9.47 Å². The number of hydrogen-bond donors (Lipinski definition) is 0. The maximum Gasteiger partial charge on any atom is 0.514 e. The lowest BCUT2D eigenvalue weighted by Gasteiger charge is -2.23. The van der Waals surface area contributed by atoms with E-state index in [4.69, 9.17) is 18.9 Å². The van der Waals surface area contributed by atoms with Gasteiger partial charge in [-0.25, -0.2) is 4.79 Å². The molecule has 0 saturated carbocycles. The van der Waals surface area contributed by atoms with Crippen LogP contribution in [0.1, 0.15) is 47.1 Å². The molecule has 0 spiro atoms. The van der Waals surface area contributed by atoms with Crippen LogP contribution in [0.25, 0.3) is 0 Å². The number of benzene rings is 1. The average Bonchev–Trinajstić information content (AvgIpc) is 2.35. The fraction of sp³-hybridized carbons (Fsp3) is 0.611. The van der Waals surface area contributed by atoms with Gasteiger partial charge in [0, 0.05) is 13.2 Å². The number of ether oxygens (including phenoxy) is 4. The monoisotopic (exact) mass is 324 g/mol. The van der Waals surface area contributed by atoms with Crippen LogP contribution >= 0.6 is 0 Å². The van der Waals surface area contributed by atoms with E-state index in [-0.39, 0.29) is 5.41 Å². The second-order valence-electron chi connectivity index (χ2n) is 7.32. The summed E-state index contributed by atoms with van der Waals surface area (Å²) in [6.07, 6.45) is -0.733. The SMILES string of the molecule is COCCOc1cc(OC(=O)OC(C)(C)C)ccc1C(C)(C)C. The number of rotatable bonds is 5. The van der Waals surface area contributed by atoms with Gasteiger partial charge in [0.15, 0.2) is 0 Å². The zero-order valence-corrected chi connectivity index (χ0v) is 15.2. The second kappa shape index (κ2) is 7.68. The van der Waals surface area contributed by atoms with Crippen molar-refractivity contribution in [3.8, 4) is 11.5 Å². The van der Waals surface area contributed by atoms with Gasteiger partial charge in [-0.2, -0.15) is 0 Å². The summed E-state index contributed by atoms with van der Waals surface area (Å²) in [4.78, 5) is 11.8. The summed E-state index contributed by atoms with van der Waals surface area (Å²) in [7, 11) is 1.62. The summed E-state index contributed by atoms with van der Waals surface area (Å²) in [5, 5.41) is 0. The zero-order valence-electron chi connectivity index (χ0n) is 15.2. The molecule has 0 saturated heterocycles. The van der Waals surface area contributed by atoms with Crippen LogP contribution in [0.15, 0.2) is 18.2 Å². The Labute approximate surface area is 138 Å². The van der Waals surface area contributed by atoms with Crippen molar-refractivity contribution >= 4 is 6.16 Å². The van der Waals surface area contributed by atoms with Gasteiger partial charge in [0.25, 0.3) is 0 Å². The Morgan fingerprint density at radius 3 is 2.22 bits per heavy atom. The number of hydrogen-bond acceptors (Lipinski definition) is 5. The van der Waals surface area contributed by atoms with Crippen molar-refractivity contribution in [2.75, 3.05) is 20.3 Å². The van der Waals surface area contributed by atoms with Gasteiger partial charge in [-0.1, -0.05) is 26.8 Å². The summed E-state index contributed by atoms with van der Waals surface area (Å²) >= 11 is 0. The highest BCUT2D eigenvalue weighted by atomic mass is 16.7. The van der Waals surface area contributed by atoms with Gasteiger partial charge in [0.2, 0.25) is 0 Å². The predicted molar refractivity (Wildman–Crippen MR) is 89.4 cm³/mol. The van der Waals surface area contributed by atoms with E-state index in [0.29, 0.717) is 24.7 Å². The van der Waals surface area contributed by atoms with Gasteiger partial charge in [-0.3, -0.25) is 0 Å². The van der Waals surface area contributed by atoms with E-state index in [9.17, 15) is 4.79 Å². The van der Waals surface area contributed by atoms with Crippen LogP contribution in [0, 0.1) is 0 Å². The van der Waals surface area contributed by atoms with E-state index < -0.39 is 11.8 Å². The van der Waals surface area contributed by atoms with E-state index in [1.807, 2.05) is 6.07 Å². The molecule has 0 radical (unpaired) electrons. The third-order valence-corrected chi connectivity index (χ3v) is 2.90. The minimum atomic E-state index is -0.733. The third-order valence-electron chi connectivity index (χ3n) is 2.90. The highest BCUT2D eigenvalue weighted by Crippen LogP contribution is 2.34. The molecule has 0 aliphatic rings. The first-order valence-electron chi connectivity index (χ1n) is 7.70. The summed E-state index contributed by atoms with van der Waals surface area (Å²) in [5.74, 6) is 1.07. The Bertz CT molecular complexity index is 523. The fourth-order valence-corrected chi connectivity index (χ4v) is 1.91. The van der Waals surface area contributed by atoms with Gasteiger partial charge >= 0.3 is 6.16 Å². The fourth-order valence-electron chi connectivity index (χ4n) is 1.91. The molecule has 5 nitrogen and oxygen atoms in total. The van der Waals surface area contributed by atoms with Crippen molar-refractivity contribution in [1.29, 1.82) is 0 Å². The quantitative estimate of drug-likeness (QED) is 0.458. The minimum Gasteiger partial charge on any atom is -0.491 e. The summed E-state index contributed by atoms with van der Waals surface area (Å²) in [6, 6.07) is 5.36. The molecule has 0 unspecified atom stereocenters. The maximum atomic E-state index is 11.8. The van der Waals surface area contributed by atoms with Gasteiger partial charge in [0.05, 0.1) is 6.61 Å². The van der Waals surface area contributed by atoms with E-state index in [1.54, 1.807) is 40.0 Å². The van der Waals surface area contributed by atoms with Crippen molar-refractivity contribution in [2.24, 2.45) is 0 Å². The standard InChI is InChI=1S/C18H28O5/c1-17(2,3)14-9-8-13(12-15(14)21-11-10-20-7)22-16(19)23-18(4,5)6/h8-9,12H,10-11H2,1-7H3. The molecule has 0 fully saturated rings. The number of carbonyl (C=O) groups excluding carboxylic acids is 1. The van der Waals surface area contributed by atoms with E-state index in [0.717, 1.165) is 5.56 Å². The topological polar surface area (TPSA) is 54.0 Å². The summed E-state index contributed by atoms with van der Waals surface area (Å²) in [6.45, 7) is 12.6. The van der Waals surface area contributed by atoms with Crippen LogP contribution in [0.4, 0.5) is 4.79 Å². The van der Waals surface area contributed by atoms with Gasteiger partial charge < -0.3 is 18.9 Å². The van der Waals surface area contributed by atoms with Gasteiger partial charge in [-0.15, -0.1) is 0 Å². The first kappa shape index (κ1) is 19.3. The van der Waals surface area contributed by atoms with Crippen LogP contribution in [-0.2, 0) is 14.9 Å². The molecule has 1 rings (SSSR count). The molecule has 0 aliphatic carbocycles. The van der Waals surface area contributed by atoms with E-state index in [2.05, 4.69) is 20.8 Å². The molecule has 0 atom stereocenters. The second-order valence-corrected chi connectivity index (χ2v) is 7.32. The van der Waals surface area contributed by atoms with E-state index in [1.165, 1.54) is 0 Å². The lowest BCUT2D eigenvalue weighted by molar-refractivity contribution is 0.0206. The summed E-state index contributed by atoms with van der Waals surface area (Å²) < 4.78 is 21.2. The Morgan fingerprint density at radius 1 is 1.04 bits per heavy atom. The third kappa shape index (κ3) is 6.91. The van der Waals surface area contributed by atoms with Crippen molar-refractivity contribution in [1.82, 2.24) is 0 Å². The Kier molecular flexibility index (Phi) is 6.45. The lowest BCUT2D eigenvalue weighted by Crippen LogP contribution is -2.26. The summed E-state index contributed by atoms with van der Waals surface area (Å²) in [5.41, 5.74) is 0.345. The Balaban J connectivity index is 2.94. The molecule has 0 aliphatic heterocycles. The van der Waals surface area contributed by atoms with Crippen LogP contribution in [0.3, 0.4) is 0 Å². The molecule has 0 bridgehead atoms. The highest BCUT2D eigenvalue weighted by Gasteiger charge is 2.22. The molecule has 0 amide bonds. The molecular weight excluding hydrogens is 296 g/mol. The molecule has 0 N–H and O–H groups in total. The Morgan fingerprint density at radius 2 is 1.70 bits per heavy atom. The van der Waals surface area contributed by atoms with Crippen molar-refractivity contribution in [3.63, 3.8) is 0 Å².